The molecular formula is C22H23N5O3. The maximum Gasteiger partial charge on any atom is 0.248 e. The summed E-state index contributed by atoms with van der Waals surface area (Å²) in [5.74, 6) is -0.118. The molecule has 154 valence electrons. The van der Waals surface area contributed by atoms with E-state index in [4.69, 9.17) is 21.6 Å². The average molecular weight is 405 g/mol. The van der Waals surface area contributed by atoms with Gasteiger partial charge in [0.15, 0.2) is 0 Å². The minimum Gasteiger partial charge on any atom is -0.424 e. The van der Waals surface area contributed by atoms with E-state index in [9.17, 15) is 9.59 Å². The van der Waals surface area contributed by atoms with E-state index in [1.54, 1.807) is 19.1 Å². The molecule has 0 radical (unpaired) electrons. The van der Waals surface area contributed by atoms with Crippen LogP contribution in [-0.4, -0.2) is 28.6 Å². The fraction of sp³-hybridized carbons (Fsp3) is 0.273. The van der Waals surface area contributed by atoms with Crippen LogP contribution in [0.4, 0.5) is 0 Å². The van der Waals surface area contributed by atoms with Crippen molar-refractivity contribution in [2.24, 2.45) is 17.2 Å². The smallest absolute Gasteiger partial charge is 0.248 e. The van der Waals surface area contributed by atoms with Gasteiger partial charge < -0.3 is 21.6 Å². The lowest BCUT2D eigenvalue weighted by atomic mass is 9.69. The minimum absolute atomic E-state index is 0.357. The number of benzene rings is 2. The van der Waals surface area contributed by atoms with Crippen molar-refractivity contribution in [1.82, 2.24) is 10.2 Å². The van der Waals surface area contributed by atoms with E-state index < -0.39 is 17.2 Å². The second-order valence-electron chi connectivity index (χ2n) is 7.54. The van der Waals surface area contributed by atoms with Gasteiger partial charge in [0.05, 0.1) is 0 Å². The lowest BCUT2D eigenvalue weighted by Crippen LogP contribution is -2.34. The van der Waals surface area contributed by atoms with E-state index in [1.807, 2.05) is 24.3 Å². The first kappa shape index (κ1) is 19.8. The van der Waals surface area contributed by atoms with Gasteiger partial charge in [0, 0.05) is 18.1 Å². The molecule has 0 aliphatic heterocycles. The molecule has 30 heavy (non-hydrogen) atoms. The van der Waals surface area contributed by atoms with Crippen LogP contribution in [-0.2, 0) is 18.3 Å². The largest absolute Gasteiger partial charge is 0.424 e. The normalized spacial score (nSPS) is 14.5. The molecule has 0 unspecified atom stereocenters. The Morgan fingerprint density at radius 3 is 1.90 bits per heavy atom. The molecule has 0 saturated carbocycles. The second-order valence-corrected chi connectivity index (χ2v) is 7.54. The predicted molar refractivity (Wildman–Crippen MR) is 110 cm³/mol. The van der Waals surface area contributed by atoms with Crippen molar-refractivity contribution in [3.05, 3.63) is 81.6 Å². The van der Waals surface area contributed by atoms with Gasteiger partial charge in [-0.3, -0.25) is 9.59 Å². The summed E-state index contributed by atoms with van der Waals surface area (Å²) in [6.07, 6.45) is 1.79. The number of fused-ring (bicyclic) bond motifs is 2. The Hall–Kier alpha value is -3.52. The molecule has 0 saturated heterocycles. The molecule has 6 N–H and O–H groups in total. The first-order chi connectivity index (χ1) is 14.4. The number of rotatable bonds is 5. The van der Waals surface area contributed by atoms with Crippen molar-refractivity contribution in [2.45, 2.75) is 31.6 Å². The summed E-state index contributed by atoms with van der Waals surface area (Å²) in [6, 6.07) is 10.8. The summed E-state index contributed by atoms with van der Waals surface area (Å²) in [5.41, 5.74) is 20.9. The van der Waals surface area contributed by atoms with Crippen molar-refractivity contribution in [1.29, 1.82) is 0 Å². The molecule has 0 spiro atoms. The van der Waals surface area contributed by atoms with Gasteiger partial charge in [0.1, 0.15) is 5.41 Å². The van der Waals surface area contributed by atoms with E-state index in [2.05, 4.69) is 10.2 Å². The molecular weight excluding hydrogens is 382 g/mol. The fourth-order valence-electron chi connectivity index (χ4n) is 4.45. The van der Waals surface area contributed by atoms with E-state index in [0.29, 0.717) is 48.7 Å². The molecule has 2 aromatic carbocycles. The zero-order chi connectivity index (χ0) is 21.5. The molecule has 1 aliphatic carbocycles. The Labute approximate surface area is 173 Å². The first-order valence-corrected chi connectivity index (χ1v) is 9.74. The van der Waals surface area contributed by atoms with Gasteiger partial charge in [-0.05, 0) is 72.3 Å². The molecule has 0 fully saturated rings. The SMILES string of the molecule is Cc1nnc(C2(CCN)c3ccc(C(N)=O)cc3CCc3cc(C(N)=O)ccc32)o1. The van der Waals surface area contributed by atoms with Gasteiger partial charge in [0.2, 0.25) is 23.6 Å². The maximum atomic E-state index is 11.8. The zero-order valence-electron chi connectivity index (χ0n) is 16.6. The zero-order valence-corrected chi connectivity index (χ0v) is 16.6. The third-order valence-electron chi connectivity index (χ3n) is 5.77. The van der Waals surface area contributed by atoms with E-state index in [1.165, 1.54) is 0 Å². The van der Waals surface area contributed by atoms with Crippen molar-refractivity contribution >= 4 is 11.8 Å². The number of amides is 2. The Bertz CT molecular complexity index is 1090. The molecule has 0 bridgehead atoms. The van der Waals surface area contributed by atoms with Crippen LogP contribution in [0.2, 0.25) is 0 Å². The lowest BCUT2D eigenvalue weighted by Gasteiger charge is -2.33. The highest BCUT2D eigenvalue weighted by Crippen LogP contribution is 2.46. The molecule has 8 nitrogen and oxygen atoms in total. The Morgan fingerprint density at radius 2 is 1.50 bits per heavy atom. The summed E-state index contributed by atoms with van der Waals surface area (Å²) in [7, 11) is 0. The van der Waals surface area contributed by atoms with E-state index in [-0.39, 0.29) is 0 Å². The van der Waals surface area contributed by atoms with Crippen molar-refractivity contribution in [3.63, 3.8) is 0 Å². The number of nitrogens with zero attached hydrogens (tertiary/aromatic N) is 2. The van der Waals surface area contributed by atoms with E-state index in [0.717, 1.165) is 22.3 Å². The number of aryl methyl sites for hydroxylation is 3. The standard InChI is InChI=1S/C22H23N5O3/c1-12-26-27-21(30-12)22(8-9-23)17-6-4-15(19(24)28)10-13(17)2-3-14-11-16(20(25)29)5-7-18(14)22/h4-7,10-11H,2-3,8-9,23H2,1H3,(H2,24,28)(H2,25,29). The minimum atomic E-state index is -0.816. The Morgan fingerprint density at radius 1 is 0.967 bits per heavy atom. The van der Waals surface area contributed by atoms with Gasteiger partial charge in [-0.1, -0.05) is 12.1 Å². The molecule has 1 aliphatic rings. The molecule has 0 atom stereocenters. The monoisotopic (exact) mass is 405 g/mol. The van der Waals surface area contributed by atoms with Crippen LogP contribution in [0.3, 0.4) is 0 Å². The average Bonchev–Trinajstić information content (AvgIpc) is 3.11. The molecule has 8 heteroatoms. The lowest BCUT2D eigenvalue weighted by molar-refractivity contribution is 0.0991. The van der Waals surface area contributed by atoms with Crippen LogP contribution in [0, 0.1) is 6.92 Å². The fourth-order valence-corrected chi connectivity index (χ4v) is 4.45. The third-order valence-corrected chi connectivity index (χ3v) is 5.77. The molecule has 3 aromatic rings. The summed E-state index contributed by atoms with van der Waals surface area (Å²) in [5, 5.41) is 8.41. The summed E-state index contributed by atoms with van der Waals surface area (Å²) >= 11 is 0. The number of nitrogens with two attached hydrogens (primary N) is 3. The van der Waals surface area contributed by atoms with E-state index >= 15 is 0 Å². The van der Waals surface area contributed by atoms with Gasteiger partial charge in [-0.15, -0.1) is 10.2 Å². The maximum absolute atomic E-state index is 11.8. The number of primary amides is 2. The number of hydrogen-bond acceptors (Lipinski definition) is 6. The van der Waals surface area contributed by atoms with Crippen LogP contribution in [0.5, 0.6) is 0 Å². The van der Waals surface area contributed by atoms with Crippen LogP contribution in [0.1, 0.15) is 61.2 Å². The van der Waals surface area contributed by atoms with Gasteiger partial charge >= 0.3 is 0 Å². The highest BCUT2D eigenvalue weighted by molar-refractivity contribution is 5.94. The number of aromatic nitrogens is 2. The highest BCUT2D eigenvalue weighted by Gasteiger charge is 2.45. The first-order valence-electron chi connectivity index (χ1n) is 9.74. The Balaban J connectivity index is 2.07. The van der Waals surface area contributed by atoms with Crippen LogP contribution in [0.15, 0.2) is 40.8 Å². The van der Waals surface area contributed by atoms with Crippen molar-refractivity contribution < 1.29 is 14.0 Å². The summed E-state index contributed by atoms with van der Waals surface area (Å²) in [6.45, 7) is 2.09. The summed E-state index contributed by atoms with van der Waals surface area (Å²) in [4.78, 5) is 23.6. The number of carbonyl (C=O) groups is 2. The van der Waals surface area contributed by atoms with Gasteiger partial charge in [-0.25, -0.2) is 0 Å². The summed E-state index contributed by atoms with van der Waals surface area (Å²) < 4.78 is 5.94. The topological polar surface area (TPSA) is 151 Å². The molecule has 4 rings (SSSR count). The molecule has 1 aromatic heterocycles. The van der Waals surface area contributed by atoms with Gasteiger partial charge in [-0.2, -0.15) is 0 Å². The second kappa shape index (κ2) is 7.38. The van der Waals surface area contributed by atoms with Crippen LogP contribution in [0.25, 0.3) is 0 Å². The van der Waals surface area contributed by atoms with Gasteiger partial charge in [0.25, 0.3) is 0 Å². The predicted octanol–water partition coefficient (Wildman–Crippen LogP) is 1.36. The van der Waals surface area contributed by atoms with Crippen molar-refractivity contribution in [2.75, 3.05) is 6.54 Å². The highest BCUT2D eigenvalue weighted by atomic mass is 16.4. The number of hydrogen-bond donors (Lipinski definition) is 3. The third kappa shape index (κ3) is 3.05. The van der Waals surface area contributed by atoms with Crippen LogP contribution < -0.4 is 17.2 Å². The van der Waals surface area contributed by atoms with Crippen LogP contribution >= 0.6 is 0 Å². The van der Waals surface area contributed by atoms with Crippen molar-refractivity contribution in [3.8, 4) is 0 Å². The number of carbonyl (C=O) groups excluding carboxylic acids is 2. The quantitative estimate of drug-likeness (QED) is 0.583. The molecule has 1 heterocycles. The Kier molecular flexibility index (Phi) is 4.87. The molecule has 2 amide bonds.